The summed E-state index contributed by atoms with van der Waals surface area (Å²) in [4.78, 5) is 19.3. The Balaban J connectivity index is 0.00000274. The van der Waals surface area contributed by atoms with Crippen LogP contribution in [0, 0.1) is 5.41 Å². The van der Waals surface area contributed by atoms with Crippen molar-refractivity contribution in [3.8, 4) is 0 Å². The zero-order chi connectivity index (χ0) is 23.2. The van der Waals surface area contributed by atoms with Crippen LogP contribution in [0.5, 0.6) is 0 Å². The quantitative estimate of drug-likeness (QED) is 0.653. The molecule has 5 nitrogen and oxygen atoms in total. The van der Waals surface area contributed by atoms with Gasteiger partial charge in [-0.1, -0.05) is 6.42 Å². The fourth-order valence-electron chi connectivity index (χ4n) is 6.51. The summed E-state index contributed by atoms with van der Waals surface area (Å²) in [5.41, 5.74) is -0.553. The van der Waals surface area contributed by atoms with Crippen LogP contribution in [-0.4, -0.2) is 62.2 Å². The molecule has 5 rings (SSSR count). The van der Waals surface area contributed by atoms with Crippen LogP contribution in [-0.2, 0) is 11.0 Å². The second-order valence-electron chi connectivity index (χ2n) is 10.4. The molecule has 1 amide bonds. The van der Waals surface area contributed by atoms with Crippen LogP contribution in [0.1, 0.15) is 57.4 Å². The highest BCUT2D eigenvalue weighted by Crippen LogP contribution is 2.46. The zero-order valence-corrected chi connectivity index (χ0v) is 20.7. The Morgan fingerprint density at radius 1 is 1.03 bits per heavy atom. The lowest BCUT2D eigenvalue weighted by atomic mass is 9.77. The highest BCUT2D eigenvalue weighted by molar-refractivity contribution is 6.00. The Morgan fingerprint density at radius 2 is 1.79 bits per heavy atom. The monoisotopic (exact) mass is 500 g/mol. The van der Waals surface area contributed by atoms with Gasteiger partial charge in [-0.05, 0) is 83.3 Å². The minimum Gasteiger partial charge on any atom is -0.370 e. The molecule has 1 aromatic rings. The third-order valence-electron chi connectivity index (χ3n) is 8.50. The first-order chi connectivity index (χ1) is 15.8. The Kier molecular flexibility index (Phi) is 7.42. The van der Waals surface area contributed by atoms with E-state index >= 15 is 0 Å². The number of carbonyl (C=O) groups excluding carboxylic acids is 1. The predicted octanol–water partition coefficient (Wildman–Crippen LogP) is 4.69. The summed E-state index contributed by atoms with van der Waals surface area (Å²) in [7, 11) is 0. The molecular weight excluding hydrogens is 465 g/mol. The smallest absolute Gasteiger partial charge is 0.370 e. The molecule has 1 aromatic carbocycles. The maximum atomic E-state index is 14.2. The van der Waals surface area contributed by atoms with Crippen molar-refractivity contribution in [2.24, 2.45) is 5.41 Å². The number of likely N-dealkylation sites (tertiary alicyclic amines) is 1. The topological polar surface area (TPSA) is 38.8 Å². The van der Waals surface area contributed by atoms with Gasteiger partial charge in [0.15, 0.2) is 0 Å². The molecule has 4 aliphatic rings. The van der Waals surface area contributed by atoms with Crippen LogP contribution in [0.15, 0.2) is 18.2 Å². The lowest BCUT2D eigenvalue weighted by Gasteiger charge is -2.38. The molecule has 4 aliphatic heterocycles. The lowest BCUT2D eigenvalue weighted by Crippen LogP contribution is -2.46. The van der Waals surface area contributed by atoms with E-state index < -0.39 is 17.2 Å². The highest BCUT2D eigenvalue weighted by Gasteiger charge is 2.49. The highest BCUT2D eigenvalue weighted by atomic mass is 35.5. The van der Waals surface area contributed by atoms with Crippen molar-refractivity contribution in [2.45, 2.75) is 70.1 Å². The second-order valence-corrected chi connectivity index (χ2v) is 10.4. The first kappa shape index (κ1) is 25.6. The number of hydrogen-bond donors (Lipinski definition) is 1. The third-order valence-corrected chi connectivity index (χ3v) is 8.50. The number of nitrogens with zero attached hydrogens (tertiary/aromatic N) is 3. The Morgan fingerprint density at radius 3 is 2.50 bits per heavy atom. The molecule has 4 fully saturated rings. The number of halogens is 4. The lowest BCUT2D eigenvalue weighted by molar-refractivity contribution is -0.137. The van der Waals surface area contributed by atoms with Gasteiger partial charge >= 0.3 is 6.18 Å². The van der Waals surface area contributed by atoms with Gasteiger partial charge < -0.3 is 15.1 Å². The fourth-order valence-corrected chi connectivity index (χ4v) is 6.51. The van der Waals surface area contributed by atoms with Gasteiger partial charge in [0.1, 0.15) is 0 Å². The molecule has 1 unspecified atom stereocenters. The van der Waals surface area contributed by atoms with Crippen molar-refractivity contribution in [1.29, 1.82) is 0 Å². The van der Waals surface area contributed by atoms with Crippen molar-refractivity contribution >= 4 is 29.7 Å². The van der Waals surface area contributed by atoms with E-state index in [9.17, 15) is 18.0 Å². The van der Waals surface area contributed by atoms with E-state index in [1.165, 1.54) is 36.3 Å². The maximum absolute atomic E-state index is 14.2. The molecule has 4 heterocycles. The van der Waals surface area contributed by atoms with Gasteiger partial charge in [0, 0.05) is 37.4 Å². The van der Waals surface area contributed by atoms with Crippen LogP contribution in [0.25, 0.3) is 0 Å². The van der Waals surface area contributed by atoms with Crippen molar-refractivity contribution in [2.75, 3.05) is 49.1 Å². The molecule has 0 radical (unpaired) electrons. The number of alkyl halides is 3. The first-order valence-corrected chi connectivity index (χ1v) is 12.5. The Hall–Kier alpha value is -1.51. The molecule has 0 aromatic heterocycles. The SMILES string of the molecule is C[C@H]1CCCCN1C1CCN(c2ccc(N3CCC4(CCNCC4)C3=O)c(C(F)(F)F)c2)C1.Cl. The minimum absolute atomic E-state index is 0. The van der Waals surface area contributed by atoms with E-state index in [4.69, 9.17) is 0 Å². The third kappa shape index (κ3) is 4.65. The number of nitrogens with one attached hydrogen (secondary N) is 1. The molecule has 2 atom stereocenters. The van der Waals surface area contributed by atoms with E-state index in [2.05, 4.69) is 22.0 Å². The van der Waals surface area contributed by atoms with E-state index in [1.54, 1.807) is 6.07 Å². The fraction of sp³-hybridized carbons (Fsp3) is 0.720. The van der Waals surface area contributed by atoms with Gasteiger partial charge in [0.2, 0.25) is 5.91 Å². The van der Waals surface area contributed by atoms with E-state index in [1.807, 2.05) is 0 Å². The van der Waals surface area contributed by atoms with Crippen molar-refractivity contribution in [3.05, 3.63) is 23.8 Å². The van der Waals surface area contributed by atoms with E-state index in [-0.39, 0.29) is 24.0 Å². The van der Waals surface area contributed by atoms with E-state index in [0.29, 0.717) is 43.6 Å². The van der Waals surface area contributed by atoms with Gasteiger partial charge in [-0.2, -0.15) is 13.2 Å². The molecule has 190 valence electrons. The standard InChI is InChI=1S/C25H35F3N4O.ClH/c1-18-4-2-3-13-31(18)20-7-14-30(17-20)19-5-6-22(21(16-19)25(26,27)28)32-15-10-24(23(32)33)8-11-29-12-9-24;/h5-6,16,18,20,29H,2-4,7-15,17H2,1H3;1H/t18-,20?;/m0./s1. The van der Waals surface area contributed by atoms with Crippen LogP contribution >= 0.6 is 12.4 Å². The van der Waals surface area contributed by atoms with Crippen molar-refractivity contribution < 1.29 is 18.0 Å². The molecule has 1 spiro atoms. The van der Waals surface area contributed by atoms with Gasteiger partial charge in [0.25, 0.3) is 0 Å². The number of rotatable bonds is 3. The molecule has 1 N–H and O–H groups in total. The van der Waals surface area contributed by atoms with Crippen LogP contribution in [0.3, 0.4) is 0 Å². The second kappa shape index (κ2) is 9.86. The van der Waals surface area contributed by atoms with Crippen LogP contribution in [0.2, 0.25) is 0 Å². The number of piperidine rings is 2. The molecule has 0 bridgehead atoms. The van der Waals surface area contributed by atoms with Gasteiger partial charge in [-0.25, -0.2) is 0 Å². The summed E-state index contributed by atoms with van der Waals surface area (Å²) in [5, 5.41) is 3.26. The molecule has 0 saturated carbocycles. The summed E-state index contributed by atoms with van der Waals surface area (Å²) in [6.45, 7) is 6.73. The van der Waals surface area contributed by atoms with Gasteiger partial charge in [-0.15, -0.1) is 12.4 Å². The van der Waals surface area contributed by atoms with Crippen molar-refractivity contribution in [1.82, 2.24) is 10.2 Å². The Bertz CT molecular complexity index is 889. The molecule has 34 heavy (non-hydrogen) atoms. The van der Waals surface area contributed by atoms with Gasteiger partial charge in [-0.3, -0.25) is 9.69 Å². The molecule has 4 saturated heterocycles. The number of anilines is 2. The van der Waals surface area contributed by atoms with E-state index in [0.717, 1.165) is 39.1 Å². The summed E-state index contributed by atoms with van der Waals surface area (Å²) < 4.78 is 42.5. The average molecular weight is 501 g/mol. The number of benzene rings is 1. The average Bonchev–Trinajstić information content (AvgIpc) is 3.40. The minimum atomic E-state index is -4.50. The van der Waals surface area contributed by atoms with Gasteiger partial charge in [0.05, 0.1) is 16.7 Å². The molecule has 9 heteroatoms. The predicted molar refractivity (Wildman–Crippen MR) is 131 cm³/mol. The molecule has 0 aliphatic carbocycles. The number of carbonyl (C=O) groups is 1. The van der Waals surface area contributed by atoms with Crippen molar-refractivity contribution in [3.63, 3.8) is 0 Å². The number of hydrogen-bond acceptors (Lipinski definition) is 4. The maximum Gasteiger partial charge on any atom is 0.418 e. The summed E-state index contributed by atoms with van der Waals surface area (Å²) in [6, 6.07) is 5.53. The van der Waals surface area contributed by atoms with Crippen LogP contribution in [0.4, 0.5) is 24.5 Å². The van der Waals surface area contributed by atoms with Crippen LogP contribution < -0.4 is 15.1 Å². The first-order valence-electron chi connectivity index (χ1n) is 12.5. The Labute approximate surface area is 206 Å². The summed E-state index contributed by atoms with van der Waals surface area (Å²) in [5.74, 6) is -0.137. The zero-order valence-electron chi connectivity index (χ0n) is 19.9. The largest absolute Gasteiger partial charge is 0.418 e. The molecular formula is C25H36ClF3N4O. The summed E-state index contributed by atoms with van der Waals surface area (Å²) >= 11 is 0. The summed E-state index contributed by atoms with van der Waals surface area (Å²) in [6.07, 6.45) is 2.17. The normalized spacial score (nSPS) is 27.9. The number of amides is 1.